The lowest BCUT2D eigenvalue weighted by atomic mass is 10.1. The smallest absolute Gasteiger partial charge is 0.276 e. The molecule has 1 N–H and O–H groups in total. The van der Waals surface area contributed by atoms with Gasteiger partial charge in [0.25, 0.3) is 5.91 Å². The highest BCUT2D eigenvalue weighted by Crippen LogP contribution is 2.31. The quantitative estimate of drug-likeness (QED) is 0.768. The molecule has 0 aliphatic heterocycles. The Bertz CT molecular complexity index is 924. The predicted octanol–water partition coefficient (Wildman–Crippen LogP) is 4.35. The van der Waals surface area contributed by atoms with Crippen molar-refractivity contribution in [1.29, 1.82) is 0 Å². The van der Waals surface area contributed by atoms with Crippen LogP contribution in [-0.4, -0.2) is 15.9 Å². The molecular formula is C17H13F2N3OS. The van der Waals surface area contributed by atoms with Crippen molar-refractivity contribution in [3.63, 3.8) is 0 Å². The zero-order valence-electron chi connectivity index (χ0n) is 12.9. The molecule has 2 heterocycles. The Kier molecular flexibility index (Phi) is 4.35. The molecule has 0 aliphatic carbocycles. The number of carbonyl (C=O) groups excluding carboxylic acids is 1. The van der Waals surface area contributed by atoms with Crippen LogP contribution in [0.4, 0.5) is 13.9 Å². The van der Waals surface area contributed by atoms with Gasteiger partial charge in [0.15, 0.2) is 16.8 Å². The Labute approximate surface area is 141 Å². The van der Waals surface area contributed by atoms with Crippen LogP contribution in [0.15, 0.2) is 36.4 Å². The molecule has 0 atom stereocenters. The molecule has 0 fully saturated rings. The molecule has 7 heteroatoms. The highest BCUT2D eigenvalue weighted by atomic mass is 32.1. The van der Waals surface area contributed by atoms with Crippen LogP contribution in [0, 0.1) is 25.5 Å². The summed E-state index contributed by atoms with van der Waals surface area (Å²) in [5, 5.41) is 3.06. The van der Waals surface area contributed by atoms with Gasteiger partial charge in [0.1, 0.15) is 5.69 Å². The van der Waals surface area contributed by atoms with Crippen molar-refractivity contribution in [2.45, 2.75) is 13.8 Å². The van der Waals surface area contributed by atoms with Gasteiger partial charge in [0.05, 0.1) is 5.69 Å². The van der Waals surface area contributed by atoms with Crippen LogP contribution >= 0.6 is 11.3 Å². The van der Waals surface area contributed by atoms with Crippen molar-refractivity contribution in [2.75, 3.05) is 5.32 Å². The van der Waals surface area contributed by atoms with Gasteiger partial charge in [-0.1, -0.05) is 6.07 Å². The van der Waals surface area contributed by atoms with Gasteiger partial charge < -0.3 is 0 Å². The fourth-order valence-corrected chi connectivity index (χ4v) is 3.02. The van der Waals surface area contributed by atoms with Crippen molar-refractivity contribution < 1.29 is 13.6 Å². The molecule has 1 amide bonds. The minimum absolute atomic E-state index is 0.289. The second-order valence-corrected chi connectivity index (χ2v) is 6.37. The maximum Gasteiger partial charge on any atom is 0.276 e. The summed E-state index contributed by atoms with van der Waals surface area (Å²) in [5.41, 5.74) is 1.99. The number of aryl methyl sites for hydroxylation is 2. The van der Waals surface area contributed by atoms with E-state index in [0.717, 1.165) is 22.7 Å². The summed E-state index contributed by atoms with van der Waals surface area (Å²) in [4.78, 5) is 21.5. The van der Waals surface area contributed by atoms with Crippen molar-refractivity contribution in [3.8, 4) is 11.3 Å². The first-order chi connectivity index (χ1) is 11.4. The lowest BCUT2D eigenvalue weighted by molar-refractivity contribution is 0.102. The SMILES string of the molecule is Cc1cccc(C(=O)Nc2nc(-c3ccc(F)c(F)c3)c(C)s2)n1. The van der Waals surface area contributed by atoms with Crippen LogP contribution < -0.4 is 5.32 Å². The van der Waals surface area contributed by atoms with Gasteiger partial charge in [-0.25, -0.2) is 18.7 Å². The molecule has 4 nitrogen and oxygen atoms in total. The fourth-order valence-electron chi connectivity index (χ4n) is 2.19. The third-order valence-electron chi connectivity index (χ3n) is 3.33. The van der Waals surface area contributed by atoms with E-state index in [-0.39, 0.29) is 11.6 Å². The Balaban J connectivity index is 1.86. The highest BCUT2D eigenvalue weighted by Gasteiger charge is 2.15. The molecule has 0 spiro atoms. The van der Waals surface area contributed by atoms with E-state index in [0.29, 0.717) is 16.4 Å². The number of nitrogens with one attached hydrogen (secondary N) is 1. The minimum atomic E-state index is -0.936. The summed E-state index contributed by atoms with van der Waals surface area (Å²) >= 11 is 1.26. The molecule has 0 saturated heterocycles. The molecule has 0 aliphatic rings. The molecule has 3 aromatic rings. The Hall–Kier alpha value is -2.67. The van der Waals surface area contributed by atoms with Crippen LogP contribution in [0.5, 0.6) is 0 Å². The van der Waals surface area contributed by atoms with Gasteiger partial charge in [-0.2, -0.15) is 0 Å². The number of rotatable bonds is 3. The number of hydrogen-bond donors (Lipinski definition) is 1. The standard InChI is InChI=1S/C17H13F2N3OS/c1-9-4-3-5-14(20-9)16(23)22-17-21-15(10(2)24-17)11-6-7-12(18)13(19)8-11/h3-8H,1-2H3,(H,21,22,23). The maximum atomic E-state index is 13.4. The lowest BCUT2D eigenvalue weighted by Crippen LogP contribution is -2.13. The number of halogens is 2. The summed E-state index contributed by atoms with van der Waals surface area (Å²) in [7, 11) is 0. The Morgan fingerprint density at radius 2 is 1.88 bits per heavy atom. The Morgan fingerprint density at radius 1 is 1.08 bits per heavy atom. The molecule has 3 rings (SSSR count). The van der Waals surface area contributed by atoms with E-state index in [1.807, 2.05) is 0 Å². The summed E-state index contributed by atoms with van der Waals surface area (Å²) in [6.45, 7) is 3.60. The van der Waals surface area contributed by atoms with Crippen molar-refractivity contribution in [1.82, 2.24) is 9.97 Å². The zero-order valence-corrected chi connectivity index (χ0v) is 13.7. The number of aromatic nitrogens is 2. The summed E-state index contributed by atoms with van der Waals surface area (Å²) in [6, 6.07) is 8.75. The van der Waals surface area contributed by atoms with E-state index in [1.165, 1.54) is 17.4 Å². The van der Waals surface area contributed by atoms with Gasteiger partial charge in [0.2, 0.25) is 0 Å². The number of anilines is 1. The van der Waals surface area contributed by atoms with Crippen molar-refractivity contribution in [3.05, 3.63) is 64.3 Å². The number of hydrogen-bond acceptors (Lipinski definition) is 4. The number of thiazole rings is 1. The first-order valence-electron chi connectivity index (χ1n) is 7.12. The third-order valence-corrected chi connectivity index (χ3v) is 4.22. The number of nitrogens with zero attached hydrogens (tertiary/aromatic N) is 2. The van der Waals surface area contributed by atoms with E-state index >= 15 is 0 Å². The average Bonchev–Trinajstić information content (AvgIpc) is 2.90. The molecule has 1 aromatic carbocycles. The van der Waals surface area contributed by atoms with Crippen molar-refractivity contribution in [2.24, 2.45) is 0 Å². The second-order valence-electron chi connectivity index (χ2n) is 5.17. The normalized spacial score (nSPS) is 10.7. The van der Waals surface area contributed by atoms with Crippen LogP contribution in [0.3, 0.4) is 0 Å². The first-order valence-corrected chi connectivity index (χ1v) is 7.93. The maximum absolute atomic E-state index is 13.4. The highest BCUT2D eigenvalue weighted by molar-refractivity contribution is 7.16. The van der Waals surface area contributed by atoms with Gasteiger partial charge >= 0.3 is 0 Å². The van der Waals surface area contributed by atoms with Crippen LogP contribution in [0.2, 0.25) is 0 Å². The van der Waals surface area contributed by atoms with E-state index in [4.69, 9.17) is 0 Å². The Morgan fingerprint density at radius 3 is 2.58 bits per heavy atom. The third kappa shape index (κ3) is 3.30. The van der Waals surface area contributed by atoms with Gasteiger partial charge in [-0.15, -0.1) is 11.3 Å². The topological polar surface area (TPSA) is 54.9 Å². The van der Waals surface area contributed by atoms with Crippen molar-refractivity contribution >= 4 is 22.4 Å². The molecular weight excluding hydrogens is 332 g/mol. The van der Waals surface area contributed by atoms with E-state index < -0.39 is 11.6 Å². The zero-order chi connectivity index (χ0) is 17.3. The van der Waals surface area contributed by atoms with E-state index in [9.17, 15) is 13.6 Å². The first kappa shape index (κ1) is 16.2. The monoisotopic (exact) mass is 345 g/mol. The van der Waals surface area contributed by atoms with Gasteiger partial charge in [-0.05, 0) is 44.2 Å². The number of carbonyl (C=O) groups is 1. The molecule has 0 bridgehead atoms. The molecule has 2 aromatic heterocycles. The number of benzene rings is 1. The summed E-state index contributed by atoms with van der Waals surface area (Å²) in [6.07, 6.45) is 0. The van der Waals surface area contributed by atoms with Crippen LogP contribution in [0.1, 0.15) is 21.1 Å². The molecule has 0 saturated carbocycles. The minimum Gasteiger partial charge on any atom is -0.296 e. The summed E-state index contributed by atoms with van der Waals surface area (Å²) in [5.74, 6) is -2.22. The van der Waals surface area contributed by atoms with Crippen LogP contribution in [-0.2, 0) is 0 Å². The molecule has 122 valence electrons. The molecule has 0 unspecified atom stereocenters. The largest absolute Gasteiger partial charge is 0.296 e. The molecule has 0 radical (unpaired) electrons. The van der Waals surface area contributed by atoms with E-state index in [1.54, 1.807) is 32.0 Å². The van der Waals surface area contributed by atoms with Crippen LogP contribution in [0.25, 0.3) is 11.3 Å². The number of amides is 1. The van der Waals surface area contributed by atoms with Gasteiger partial charge in [0, 0.05) is 16.1 Å². The number of pyridine rings is 1. The molecule has 24 heavy (non-hydrogen) atoms. The summed E-state index contributed by atoms with van der Waals surface area (Å²) < 4.78 is 26.5. The second kappa shape index (κ2) is 6.45. The average molecular weight is 345 g/mol. The van der Waals surface area contributed by atoms with Gasteiger partial charge in [-0.3, -0.25) is 10.1 Å². The van der Waals surface area contributed by atoms with E-state index in [2.05, 4.69) is 15.3 Å². The fraction of sp³-hybridized carbons (Fsp3) is 0.118. The predicted molar refractivity (Wildman–Crippen MR) is 89.1 cm³/mol. The lowest BCUT2D eigenvalue weighted by Gasteiger charge is -2.02.